The van der Waals surface area contributed by atoms with Gasteiger partial charge in [-0.3, -0.25) is 14.5 Å². The van der Waals surface area contributed by atoms with E-state index in [0.29, 0.717) is 35.8 Å². The number of benzene rings is 3. The van der Waals surface area contributed by atoms with E-state index in [4.69, 9.17) is 16.3 Å². The number of nitrogens with zero attached hydrogens (tertiary/aromatic N) is 1. The predicted molar refractivity (Wildman–Crippen MR) is 143 cm³/mol. The number of para-hydroxylation sites is 2. The van der Waals surface area contributed by atoms with Crippen LogP contribution in [0.2, 0.25) is 5.02 Å². The van der Waals surface area contributed by atoms with Crippen molar-refractivity contribution in [3.05, 3.63) is 100 Å². The molecule has 1 aliphatic carbocycles. The average molecular weight is 501 g/mol. The second-order valence-electron chi connectivity index (χ2n) is 10.2. The number of halogens is 1. The number of carbonyl (C=O) groups excluding carboxylic acids is 2. The molecule has 3 aromatic carbocycles. The average Bonchev–Trinajstić information content (AvgIpc) is 2.97. The highest BCUT2D eigenvalue weighted by Crippen LogP contribution is 2.48. The van der Waals surface area contributed by atoms with Crippen LogP contribution in [0.5, 0.6) is 5.75 Å². The number of ketones is 1. The molecule has 0 bridgehead atoms. The Bertz CT molecular complexity index is 1360. The number of Topliss-reactive ketones (excluding diaryl/α,β-unsaturated/α-hetero) is 1. The fraction of sp³-hybridized carbons (Fsp3) is 0.267. The highest BCUT2D eigenvalue weighted by Gasteiger charge is 2.42. The molecule has 6 heteroatoms. The van der Waals surface area contributed by atoms with Crippen molar-refractivity contribution in [1.29, 1.82) is 0 Å². The molecule has 1 aliphatic heterocycles. The zero-order valence-corrected chi connectivity index (χ0v) is 21.4. The molecule has 0 aromatic heterocycles. The van der Waals surface area contributed by atoms with Gasteiger partial charge in [0.15, 0.2) is 5.78 Å². The summed E-state index contributed by atoms with van der Waals surface area (Å²) in [5, 5.41) is 3.94. The maximum Gasteiger partial charge on any atom is 0.224 e. The Morgan fingerprint density at radius 3 is 2.50 bits per heavy atom. The van der Waals surface area contributed by atoms with Crippen molar-refractivity contribution >= 4 is 34.7 Å². The van der Waals surface area contributed by atoms with Gasteiger partial charge in [0.1, 0.15) is 12.4 Å². The van der Waals surface area contributed by atoms with Crippen LogP contribution in [0.15, 0.2) is 84.1 Å². The number of fused-ring (bicyclic) bond motifs is 1. The summed E-state index contributed by atoms with van der Waals surface area (Å²) in [7, 11) is 0. The summed E-state index contributed by atoms with van der Waals surface area (Å²) in [6.45, 7) is 6.12. The van der Waals surface area contributed by atoms with Crippen molar-refractivity contribution in [2.45, 2.75) is 46.3 Å². The Kier molecular flexibility index (Phi) is 6.35. The molecular weight excluding hydrogens is 472 g/mol. The molecule has 0 spiro atoms. The topological polar surface area (TPSA) is 58.6 Å². The third-order valence-electron chi connectivity index (χ3n) is 6.75. The maximum absolute atomic E-state index is 13.6. The van der Waals surface area contributed by atoms with Crippen molar-refractivity contribution < 1.29 is 14.3 Å². The van der Waals surface area contributed by atoms with E-state index in [1.807, 2.05) is 72.8 Å². The van der Waals surface area contributed by atoms with E-state index < -0.39 is 6.04 Å². The number of amides is 1. The van der Waals surface area contributed by atoms with Gasteiger partial charge in [0.05, 0.1) is 22.4 Å². The van der Waals surface area contributed by atoms with Crippen molar-refractivity contribution in [3.8, 4) is 5.75 Å². The van der Waals surface area contributed by atoms with E-state index in [9.17, 15) is 9.59 Å². The number of carbonyl (C=O) groups is 2. The van der Waals surface area contributed by atoms with Crippen LogP contribution in [-0.4, -0.2) is 11.7 Å². The van der Waals surface area contributed by atoms with Crippen molar-refractivity contribution in [1.82, 2.24) is 0 Å². The molecule has 2 aliphatic rings. The maximum atomic E-state index is 13.6. The minimum atomic E-state index is -0.599. The van der Waals surface area contributed by atoms with Gasteiger partial charge in [-0.2, -0.15) is 0 Å². The summed E-state index contributed by atoms with van der Waals surface area (Å²) in [5.74, 6) is 0.440. The van der Waals surface area contributed by atoms with Gasteiger partial charge in [0.2, 0.25) is 5.91 Å². The third kappa shape index (κ3) is 4.63. The minimum Gasteiger partial charge on any atom is -0.487 e. The molecule has 5 rings (SSSR count). The second kappa shape index (κ2) is 9.47. The zero-order valence-electron chi connectivity index (χ0n) is 20.7. The van der Waals surface area contributed by atoms with Gasteiger partial charge in [0.25, 0.3) is 0 Å². The molecule has 36 heavy (non-hydrogen) atoms. The van der Waals surface area contributed by atoms with Gasteiger partial charge in [-0.15, -0.1) is 0 Å². The summed E-state index contributed by atoms with van der Waals surface area (Å²) in [6, 6.07) is 22.5. The SMILES string of the molecule is CC(=O)N1c2ccccc2NC2=C(C(=O)CC(C)(C)C2)[C@H]1c1ccc(OCc2ccccc2)c(Cl)c1. The number of rotatable bonds is 4. The lowest BCUT2D eigenvalue weighted by atomic mass is 9.73. The Hall–Kier alpha value is -3.57. The minimum absolute atomic E-state index is 0.0401. The van der Waals surface area contributed by atoms with Crippen molar-refractivity contribution in [3.63, 3.8) is 0 Å². The molecule has 0 saturated heterocycles. The standard InChI is InChI=1S/C30H29ClN2O3/c1-19(34)33-25-12-8-7-11-23(25)32-24-16-30(2,3)17-26(35)28(24)29(33)21-13-14-27(22(31)15-21)36-18-20-9-5-4-6-10-20/h4-15,29,32H,16-18H2,1-3H3/t29-/m1/s1. The number of nitrogens with one attached hydrogen (secondary N) is 1. The lowest BCUT2D eigenvalue weighted by Crippen LogP contribution is -2.38. The smallest absolute Gasteiger partial charge is 0.224 e. The van der Waals surface area contributed by atoms with Crippen LogP contribution in [0.25, 0.3) is 0 Å². The molecule has 1 atom stereocenters. The van der Waals surface area contributed by atoms with Gasteiger partial charge in [-0.1, -0.05) is 74.0 Å². The van der Waals surface area contributed by atoms with Crippen LogP contribution in [0.1, 0.15) is 50.8 Å². The summed E-state index contributed by atoms with van der Waals surface area (Å²) in [5.41, 5.74) is 4.64. The Balaban J connectivity index is 1.60. The van der Waals surface area contributed by atoms with Crippen LogP contribution in [0, 0.1) is 5.41 Å². The largest absolute Gasteiger partial charge is 0.487 e. The normalized spacial score (nSPS) is 18.6. The van der Waals surface area contributed by atoms with Gasteiger partial charge in [-0.05, 0) is 47.2 Å². The molecule has 0 unspecified atom stereocenters. The van der Waals surface area contributed by atoms with E-state index in [1.165, 1.54) is 6.92 Å². The Morgan fingerprint density at radius 1 is 1.06 bits per heavy atom. The molecule has 0 radical (unpaired) electrons. The lowest BCUT2D eigenvalue weighted by molar-refractivity contribution is -0.118. The molecule has 1 heterocycles. The van der Waals surface area contributed by atoms with Crippen LogP contribution in [0.3, 0.4) is 0 Å². The van der Waals surface area contributed by atoms with Gasteiger partial charge in [-0.25, -0.2) is 0 Å². The number of anilines is 2. The Labute approximate surface area is 216 Å². The monoisotopic (exact) mass is 500 g/mol. The molecule has 3 aromatic rings. The summed E-state index contributed by atoms with van der Waals surface area (Å²) in [6.07, 6.45) is 1.12. The number of hydrogen-bond donors (Lipinski definition) is 1. The molecule has 1 N–H and O–H groups in total. The number of hydrogen-bond acceptors (Lipinski definition) is 4. The first kappa shape index (κ1) is 24.1. The van der Waals surface area contributed by atoms with E-state index in [1.54, 1.807) is 4.90 Å². The van der Waals surface area contributed by atoms with Gasteiger partial charge < -0.3 is 10.1 Å². The van der Waals surface area contributed by atoms with E-state index in [2.05, 4.69) is 19.2 Å². The number of allylic oxidation sites excluding steroid dienone is 1. The summed E-state index contributed by atoms with van der Waals surface area (Å²) in [4.78, 5) is 28.4. The molecule has 5 nitrogen and oxygen atoms in total. The first-order chi connectivity index (χ1) is 17.2. The molecule has 0 fully saturated rings. The fourth-order valence-electron chi connectivity index (χ4n) is 5.19. The molecule has 0 saturated carbocycles. The highest BCUT2D eigenvalue weighted by molar-refractivity contribution is 6.32. The quantitative estimate of drug-likeness (QED) is 0.415. The molecule has 1 amide bonds. The van der Waals surface area contributed by atoms with Crippen LogP contribution < -0.4 is 15.0 Å². The van der Waals surface area contributed by atoms with E-state index in [-0.39, 0.29) is 17.1 Å². The van der Waals surface area contributed by atoms with Crippen LogP contribution in [0.4, 0.5) is 11.4 Å². The first-order valence-corrected chi connectivity index (χ1v) is 12.5. The van der Waals surface area contributed by atoms with E-state index in [0.717, 1.165) is 28.2 Å². The number of ether oxygens (including phenoxy) is 1. The summed E-state index contributed by atoms with van der Waals surface area (Å²) < 4.78 is 5.97. The Morgan fingerprint density at radius 2 is 1.78 bits per heavy atom. The third-order valence-corrected chi connectivity index (χ3v) is 7.04. The highest BCUT2D eigenvalue weighted by atomic mass is 35.5. The fourth-order valence-corrected chi connectivity index (χ4v) is 5.43. The summed E-state index contributed by atoms with van der Waals surface area (Å²) >= 11 is 6.69. The van der Waals surface area contributed by atoms with Crippen molar-refractivity contribution in [2.24, 2.45) is 5.41 Å². The van der Waals surface area contributed by atoms with Gasteiger partial charge in [0, 0.05) is 24.6 Å². The van der Waals surface area contributed by atoms with E-state index >= 15 is 0 Å². The first-order valence-electron chi connectivity index (χ1n) is 12.1. The van der Waals surface area contributed by atoms with Crippen LogP contribution >= 0.6 is 11.6 Å². The zero-order chi connectivity index (χ0) is 25.4. The lowest BCUT2D eigenvalue weighted by Gasteiger charge is -2.37. The van der Waals surface area contributed by atoms with Crippen LogP contribution in [-0.2, 0) is 16.2 Å². The molecule has 184 valence electrons. The second-order valence-corrected chi connectivity index (χ2v) is 10.6. The van der Waals surface area contributed by atoms with Crippen molar-refractivity contribution in [2.75, 3.05) is 10.2 Å². The molecular formula is C30H29ClN2O3. The predicted octanol–water partition coefficient (Wildman–Crippen LogP) is 7.08. The van der Waals surface area contributed by atoms with Gasteiger partial charge >= 0.3 is 0 Å².